The van der Waals surface area contributed by atoms with Crippen LogP contribution in [0.4, 0.5) is 0 Å². The molecule has 17 heavy (non-hydrogen) atoms. The number of oxazole rings is 1. The molecule has 4 heteroatoms. The van der Waals surface area contributed by atoms with E-state index >= 15 is 0 Å². The molecule has 0 aliphatic carbocycles. The Hall–Kier alpha value is -1.84. The molecule has 0 spiro atoms. The minimum atomic E-state index is -0.0744. The number of aromatic nitrogens is 1. The molecule has 90 valence electrons. The highest BCUT2D eigenvalue weighted by molar-refractivity contribution is 5.96. The fourth-order valence-electron chi connectivity index (χ4n) is 1.58. The molecular weight excluding hydrogens is 216 g/mol. The molecule has 0 fully saturated rings. The van der Waals surface area contributed by atoms with E-state index in [9.17, 15) is 4.79 Å². The Labute approximate surface area is 100 Å². The van der Waals surface area contributed by atoms with E-state index in [0.717, 1.165) is 5.52 Å². The first-order valence-electron chi connectivity index (χ1n) is 5.71. The van der Waals surface area contributed by atoms with E-state index < -0.39 is 0 Å². The van der Waals surface area contributed by atoms with E-state index in [-0.39, 0.29) is 5.91 Å². The summed E-state index contributed by atoms with van der Waals surface area (Å²) >= 11 is 0. The van der Waals surface area contributed by atoms with E-state index in [0.29, 0.717) is 29.5 Å². The number of rotatable bonds is 3. The maximum Gasteiger partial charge on any atom is 0.251 e. The molecule has 2 aromatic rings. The van der Waals surface area contributed by atoms with Crippen LogP contribution in [0.2, 0.25) is 0 Å². The summed E-state index contributed by atoms with van der Waals surface area (Å²) in [4.78, 5) is 16.0. The molecular formula is C13H16N2O2. The Morgan fingerprint density at radius 2 is 2.24 bits per heavy atom. The summed E-state index contributed by atoms with van der Waals surface area (Å²) in [5.41, 5.74) is 2.04. The van der Waals surface area contributed by atoms with Crippen LogP contribution in [0.25, 0.3) is 11.1 Å². The second-order valence-corrected chi connectivity index (χ2v) is 4.52. The lowest BCUT2D eigenvalue weighted by Gasteiger charge is -2.07. The molecule has 1 N–H and O–H groups in total. The molecule has 1 amide bonds. The predicted octanol–water partition coefficient (Wildman–Crippen LogP) is 2.52. The molecule has 0 aliphatic rings. The molecule has 1 aromatic carbocycles. The van der Waals surface area contributed by atoms with Gasteiger partial charge in [0, 0.05) is 19.0 Å². The summed E-state index contributed by atoms with van der Waals surface area (Å²) in [6, 6.07) is 5.29. The Kier molecular flexibility index (Phi) is 3.13. The first-order chi connectivity index (χ1) is 8.06. The van der Waals surface area contributed by atoms with Gasteiger partial charge in [0.05, 0.1) is 0 Å². The Bertz CT molecular complexity index is 543. The molecule has 0 radical (unpaired) electrons. The molecule has 0 saturated carbocycles. The predicted molar refractivity (Wildman–Crippen MR) is 65.9 cm³/mol. The van der Waals surface area contributed by atoms with Crippen molar-refractivity contribution in [2.45, 2.75) is 20.8 Å². The molecule has 0 atom stereocenters. The van der Waals surface area contributed by atoms with Gasteiger partial charge in [-0.3, -0.25) is 4.79 Å². The minimum absolute atomic E-state index is 0.0744. The molecule has 1 heterocycles. The molecule has 2 rings (SSSR count). The molecule has 0 saturated heterocycles. The maximum atomic E-state index is 11.8. The zero-order valence-electron chi connectivity index (χ0n) is 10.3. The van der Waals surface area contributed by atoms with Crippen LogP contribution in [0.5, 0.6) is 0 Å². The van der Waals surface area contributed by atoms with Gasteiger partial charge in [-0.25, -0.2) is 4.98 Å². The number of aryl methyl sites for hydroxylation is 1. The van der Waals surface area contributed by atoms with Crippen molar-refractivity contribution in [3.05, 3.63) is 29.7 Å². The average Bonchev–Trinajstić information content (AvgIpc) is 2.64. The van der Waals surface area contributed by atoms with E-state index in [4.69, 9.17) is 4.42 Å². The van der Waals surface area contributed by atoms with Gasteiger partial charge >= 0.3 is 0 Å². The van der Waals surface area contributed by atoms with Crippen molar-refractivity contribution in [2.24, 2.45) is 5.92 Å². The number of nitrogens with one attached hydrogen (secondary N) is 1. The Balaban J connectivity index is 2.20. The van der Waals surface area contributed by atoms with Gasteiger partial charge in [0.1, 0.15) is 5.52 Å². The quantitative estimate of drug-likeness (QED) is 0.884. The first-order valence-corrected chi connectivity index (χ1v) is 5.71. The van der Waals surface area contributed by atoms with Crippen molar-refractivity contribution in [1.82, 2.24) is 10.3 Å². The van der Waals surface area contributed by atoms with Crippen molar-refractivity contribution in [2.75, 3.05) is 6.54 Å². The number of benzene rings is 1. The monoisotopic (exact) mass is 232 g/mol. The van der Waals surface area contributed by atoms with Crippen LogP contribution in [0.1, 0.15) is 30.1 Å². The summed E-state index contributed by atoms with van der Waals surface area (Å²) in [5.74, 6) is 0.976. The Morgan fingerprint density at radius 1 is 1.47 bits per heavy atom. The van der Waals surface area contributed by atoms with Gasteiger partial charge in [-0.1, -0.05) is 13.8 Å². The number of carbonyl (C=O) groups excluding carboxylic acids is 1. The zero-order valence-corrected chi connectivity index (χ0v) is 10.3. The van der Waals surface area contributed by atoms with E-state index in [1.165, 1.54) is 0 Å². The van der Waals surface area contributed by atoms with E-state index in [1.54, 1.807) is 25.1 Å². The van der Waals surface area contributed by atoms with Crippen LogP contribution in [0, 0.1) is 12.8 Å². The third-order valence-corrected chi connectivity index (χ3v) is 2.43. The van der Waals surface area contributed by atoms with Gasteiger partial charge in [-0.15, -0.1) is 0 Å². The van der Waals surface area contributed by atoms with Gasteiger partial charge in [0.25, 0.3) is 5.91 Å². The standard InChI is InChI=1S/C13H16N2O2/c1-8(2)7-14-13(16)10-4-5-11-12(6-10)17-9(3)15-11/h4-6,8H,7H2,1-3H3,(H,14,16). The molecule has 0 unspecified atom stereocenters. The maximum absolute atomic E-state index is 11.8. The smallest absolute Gasteiger partial charge is 0.251 e. The van der Waals surface area contributed by atoms with Gasteiger partial charge < -0.3 is 9.73 Å². The lowest BCUT2D eigenvalue weighted by molar-refractivity contribution is 0.0949. The molecule has 0 aliphatic heterocycles. The highest BCUT2D eigenvalue weighted by Crippen LogP contribution is 2.16. The summed E-state index contributed by atoms with van der Waals surface area (Å²) in [6.45, 7) is 6.58. The van der Waals surface area contributed by atoms with Gasteiger partial charge in [0.2, 0.25) is 0 Å². The number of hydrogen-bond donors (Lipinski definition) is 1. The SMILES string of the molecule is Cc1nc2ccc(C(=O)NCC(C)C)cc2o1. The van der Waals surface area contributed by atoms with Crippen LogP contribution in [0.15, 0.2) is 22.6 Å². The summed E-state index contributed by atoms with van der Waals surface area (Å²) in [7, 11) is 0. The highest BCUT2D eigenvalue weighted by Gasteiger charge is 2.09. The second-order valence-electron chi connectivity index (χ2n) is 4.52. The number of carbonyl (C=O) groups is 1. The van der Waals surface area contributed by atoms with Crippen molar-refractivity contribution >= 4 is 17.0 Å². The normalized spacial score (nSPS) is 11.1. The van der Waals surface area contributed by atoms with Crippen LogP contribution in [0.3, 0.4) is 0 Å². The van der Waals surface area contributed by atoms with Gasteiger partial charge in [-0.2, -0.15) is 0 Å². The van der Waals surface area contributed by atoms with Gasteiger partial charge in [-0.05, 0) is 24.1 Å². The molecule has 4 nitrogen and oxygen atoms in total. The highest BCUT2D eigenvalue weighted by atomic mass is 16.3. The summed E-state index contributed by atoms with van der Waals surface area (Å²) in [6.07, 6.45) is 0. The average molecular weight is 232 g/mol. The van der Waals surface area contributed by atoms with Crippen molar-refractivity contribution in [1.29, 1.82) is 0 Å². The van der Waals surface area contributed by atoms with Crippen LogP contribution in [-0.2, 0) is 0 Å². The van der Waals surface area contributed by atoms with Crippen LogP contribution >= 0.6 is 0 Å². The van der Waals surface area contributed by atoms with Crippen molar-refractivity contribution < 1.29 is 9.21 Å². The third kappa shape index (κ3) is 2.64. The summed E-state index contributed by atoms with van der Waals surface area (Å²) < 4.78 is 5.39. The van der Waals surface area contributed by atoms with Crippen LogP contribution < -0.4 is 5.32 Å². The third-order valence-electron chi connectivity index (χ3n) is 2.43. The zero-order chi connectivity index (χ0) is 12.4. The fourth-order valence-corrected chi connectivity index (χ4v) is 1.58. The molecule has 0 bridgehead atoms. The largest absolute Gasteiger partial charge is 0.441 e. The number of fused-ring (bicyclic) bond motifs is 1. The Morgan fingerprint density at radius 3 is 2.94 bits per heavy atom. The molecule has 1 aromatic heterocycles. The lowest BCUT2D eigenvalue weighted by atomic mass is 10.1. The van der Waals surface area contributed by atoms with Gasteiger partial charge in [0.15, 0.2) is 11.5 Å². The van der Waals surface area contributed by atoms with Crippen molar-refractivity contribution in [3.63, 3.8) is 0 Å². The summed E-state index contributed by atoms with van der Waals surface area (Å²) in [5, 5.41) is 2.87. The lowest BCUT2D eigenvalue weighted by Crippen LogP contribution is -2.27. The van der Waals surface area contributed by atoms with Crippen LogP contribution in [-0.4, -0.2) is 17.4 Å². The fraction of sp³-hybridized carbons (Fsp3) is 0.385. The first kappa shape index (κ1) is 11.6. The topological polar surface area (TPSA) is 55.1 Å². The second kappa shape index (κ2) is 4.57. The van der Waals surface area contributed by atoms with Crippen molar-refractivity contribution in [3.8, 4) is 0 Å². The van der Waals surface area contributed by atoms with E-state index in [1.807, 2.05) is 0 Å². The number of nitrogens with zero attached hydrogens (tertiary/aromatic N) is 1. The number of hydrogen-bond acceptors (Lipinski definition) is 3. The van der Waals surface area contributed by atoms with E-state index in [2.05, 4.69) is 24.1 Å². The minimum Gasteiger partial charge on any atom is -0.441 e. The number of amides is 1.